The topological polar surface area (TPSA) is 71.1 Å². The second kappa shape index (κ2) is 8.27. The van der Waals surface area contributed by atoms with E-state index >= 15 is 0 Å². The lowest BCUT2D eigenvalue weighted by Crippen LogP contribution is -2.23. The van der Waals surface area contributed by atoms with Crippen molar-refractivity contribution in [3.63, 3.8) is 0 Å². The van der Waals surface area contributed by atoms with E-state index in [1.165, 1.54) is 6.20 Å². The number of nitrogens with zero attached hydrogens (tertiary/aromatic N) is 1. The molecule has 0 aliphatic rings. The number of amides is 2. The summed E-state index contributed by atoms with van der Waals surface area (Å²) < 4.78 is 0. The molecule has 0 atom stereocenters. The smallest absolute Gasteiger partial charge is 0.257 e. The molecule has 0 aliphatic heterocycles. The molecule has 2 aromatic carbocycles. The average Bonchev–Trinajstić information content (AvgIpc) is 2.67. The molecule has 6 heteroatoms. The zero-order valence-corrected chi connectivity index (χ0v) is 14.5. The highest BCUT2D eigenvalue weighted by atomic mass is 35.5. The summed E-state index contributed by atoms with van der Waals surface area (Å²) in [4.78, 5) is 28.3. The molecule has 3 aromatic rings. The maximum atomic E-state index is 12.3. The van der Waals surface area contributed by atoms with Gasteiger partial charge in [-0.3, -0.25) is 14.6 Å². The van der Waals surface area contributed by atoms with Crippen molar-refractivity contribution in [2.45, 2.75) is 6.54 Å². The number of rotatable bonds is 5. The summed E-state index contributed by atoms with van der Waals surface area (Å²) in [5.41, 5.74) is 2.39. The van der Waals surface area contributed by atoms with Crippen LogP contribution >= 0.6 is 11.6 Å². The Hall–Kier alpha value is -3.18. The molecule has 0 aliphatic carbocycles. The molecule has 0 fully saturated rings. The molecule has 1 aromatic heterocycles. The van der Waals surface area contributed by atoms with Crippen molar-refractivity contribution < 1.29 is 9.59 Å². The van der Waals surface area contributed by atoms with Crippen LogP contribution in [0.5, 0.6) is 0 Å². The minimum Gasteiger partial charge on any atom is -0.348 e. The Kier molecular flexibility index (Phi) is 5.61. The molecule has 0 saturated carbocycles. The van der Waals surface area contributed by atoms with Gasteiger partial charge in [0.15, 0.2) is 0 Å². The van der Waals surface area contributed by atoms with Crippen molar-refractivity contribution in [1.29, 1.82) is 0 Å². The van der Waals surface area contributed by atoms with Crippen LogP contribution in [0.2, 0.25) is 5.02 Å². The van der Waals surface area contributed by atoms with Crippen molar-refractivity contribution in [2.24, 2.45) is 0 Å². The molecule has 130 valence electrons. The second-order valence-corrected chi connectivity index (χ2v) is 5.97. The molecule has 0 unspecified atom stereocenters. The number of halogens is 1. The summed E-state index contributed by atoms with van der Waals surface area (Å²) in [6, 6.07) is 17.5. The van der Waals surface area contributed by atoms with E-state index in [4.69, 9.17) is 11.6 Å². The van der Waals surface area contributed by atoms with Crippen molar-refractivity contribution in [1.82, 2.24) is 10.3 Å². The van der Waals surface area contributed by atoms with Gasteiger partial charge >= 0.3 is 0 Å². The van der Waals surface area contributed by atoms with Crippen LogP contribution in [0.3, 0.4) is 0 Å². The third kappa shape index (κ3) is 4.46. The van der Waals surface area contributed by atoms with Crippen molar-refractivity contribution in [3.05, 3.63) is 94.8 Å². The molecule has 0 spiro atoms. The van der Waals surface area contributed by atoms with Gasteiger partial charge in [0.1, 0.15) is 0 Å². The molecule has 26 heavy (non-hydrogen) atoms. The van der Waals surface area contributed by atoms with Gasteiger partial charge in [0.25, 0.3) is 11.8 Å². The summed E-state index contributed by atoms with van der Waals surface area (Å²) in [5, 5.41) is 6.03. The number of anilines is 1. The van der Waals surface area contributed by atoms with Gasteiger partial charge in [0.05, 0.1) is 16.1 Å². The fraction of sp³-hybridized carbons (Fsp3) is 0.0500. The van der Waals surface area contributed by atoms with E-state index in [1.807, 2.05) is 12.1 Å². The van der Waals surface area contributed by atoms with Crippen LogP contribution in [0.15, 0.2) is 73.1 Å². The molecule has 2 amide bonds. The first kappa shape index (κ1) is 17.6. The highest BCUT2D eigenvalue weighted by Crippen LogP contribution is 2.18. The molecule has 0 saturated heterocycles. The van der Waals surface area contributed by atoms with Gasteiger partial charge in [-0.15, -0.1) is 0 Å². The number of carbonyl (C=O) groups excluding carboxylic acids is 2. The van der Waals surface area contributed by atoms with Crippen LogP contribution in [0.25, 0.3) is 0 Å². The number of aromatic nitrogens is 1. The van der Waals surface area contributed by atoms with Gasteiger partial charge in [0, 0.05) is 24.6 Å². The Labute approximate surface area is 156 Å². The summed E-state index contributed by atoms with van der Waals surface area (Å²) in [6.07, 6.45) is 3.12. The van der Waals surface area contributed by atoms with Gasteiger partial charge in [-0.1, -0.05) is 35.9 Å². The Balaban J connectivity index is 1.64. The molecule has 1 heterocycles. The normalized spacial score (nSPS) is 10.2. The molecule has 5 nitrogen and oxygen atoms in total. The summed E-state index contributed by atoms with van der Waals surface area (Å²) >= 11 is 6.05. The third-order valence-corrected chi connectivity index (χ3v) is 4.01. The lowest BCUT2D eigenvalue weighted by Gasteiger charge is -2.09. The van der Waals surface area contributed by atoms with Gasteiger partial charge in [-0.2, -0.15) is 0 Å². The first-order valence-corrected chi connectivity index (χ1v) is 8.34. The maximum Gasteiger partial charge on any atom is 0.257 e. The quantitative estimate of drug-likeness (QED) is 0.720. The van der Waals surface area contributed by atoms with Crippen LogP contribution < -0.4 is 10.6 Å². The first-order chi connectivity index (χ1) is 12.6. The Morgan fingerprint density at radius 1 is 0.962 bits per heavy atom. The Morgan fingerprint density at radius 3 is 2.58 bits per heavy atom. The maximum absolute atomic E-state index is 12.3. The van der Waals surface area contributed by atoms with E-state index < -0.39 is 0 Å². The number of hydrogen-bond acceptors (Lipinski definition) is 3. The Morgan fingerprint density at radius 2 is 1.81 bits per heavy atom. The van der Waals surface area contributed by atoms with E-state index in [0.29, 0.717) is 28.4 Å². The highest BCUT2D eigenvalue weighted by molar-refractivity contribution is 6.34. The number of benzene rings is 2. The van der Waals surface area contributed by atoms with Crippen molar-refractivity contribution in [2.75, 3.05) is 5.32 Å². The van der Waals surface area contributed by atoms with Crippen LogP contribution in [0.1, 0.15) is 26.3 Å². The zero-order valence-electron chi connectivity index (χ0n) is 13.8. The predicted octanol–water partition coefficient (Wildman–Crippen LogP) is 3.92. The van der Waals surface area contributed by atoms with Gasteiger partial charge in [0.2, 0.25) is 0 Å². The molecule has 2 N–H and O–H groups in total. The van der Waals surface area contributed by atoms with Crippen LogP contribution in [0.4, 0.5) is 5.69 Å². The number of carbonyl (C=O) groups is 2. The Bertz CT molecular complexity index is 929. The van der Waals surface area contributed by atoms with E-state index in [2.05, 4.69) is 15.6 Å². The van der Waals surface area contributed by atoms with Crippen molar-refractivity contribution >= 4 is 29.1 Å². The highest BCUT2D eigenvalue weighted by Gasteiger charge is 2.10. The molecule has 3 rings (SSSR count). The summed E-state index contributed by atoms with van der Waals surface area (Å²) in [6.45, 7) is 0.337. The monoisotopic (exact) mass is 365 g/mol. The molecule has 0 radical (unpaired) electrons. The van der Waals surface area contributed by atoms with Gasteiger partial charge < -0.3 is 10.6 Å². The summed E-state index contributed by atoms with van der Waals surface area (Å²) in [7, 11) is 0. The summed E-state index contributed by atoms with van der Waals surface area (Å²) in [5.74, 6) is -0.490. The lowest BCUT2D eigenvalue weighted by molar-refractivity contribution is 0.0949. The largest absolute Gasteiger partial charge is 0.348 e. The third-order valence-electron chi connectivity index (χ3n) is 3.68. The van der Waals surface area contributed by atoms with Crippen LogP contribution in [-0.4, -0.2) is 16.8 Å². The fourth-order valence-corrected chi connectivity index (χ4v) is 2.61. The van der Waals surface area contributed by atoms with E-state index in [1.54, 1.807) is 54.7 Å². The molecular weight excluding hydrogens is 350 g/mol. The second-order valence-electron chi connectivity index (χ2n) is 5.56. The standard InChI is InChI=1S/C20H16ClN3O2/c21-18-9-2-1-8-17(18)20(26)24-16-7-3-5-14(11-16)12-23-19(25)15-6-4-10-22-13-15/h1-11,13H,12H2,(H,23,25)(H,24,26). The number of pyridine rings is 1. The lowest BCUT2D eigenvalue weighted by atomic mass is 10.1. The molecule has 0 bridgehead atoms. The van der Waals surface area contributed by atoms with Gasteiger partial charge in [-0.05, 0) is 42.0 Å². The molecular formula is C20H16ClN3O2. The van der Waals surface area contributed by atoms with E-state index in [9.17, 15) is 9.59 Å². The van der Waals surface area contributed by atoms with Gasteiger partial charge in [-0.25, -0.2) is 0 Å². The fourth-order valence-electron chi connectivity index (χ4n) is 2.38. The first-order valence-electron chi connectivity index (χ1n) is 7.96. The SMILES string of the molecule is O=C(NCc1cccc(NC(=O)c2ccccc2Cl)c1)c1cccnc1. The minimum atomic E-state index is -0.285. The van der Waals surface area contributed by atoms with Crippen molar-refractivity contribution in [3.8, 4) is 0 Å². The minimum absolute atomic E-state index is 0.205. The number of nitrogens with one attached hydrogen (secondary N) is 2. The van der Waals surface area contributed by atoms with E-state index in [-0.39, 0.29) is 11.8 Å². The van der Waals surface area contributed by atoms with E-state index in [0.717, 1.165) is 5.56 Å². The zero-order chi connectivity index (χ0) is 18.4. The van der Waals surface area contributed by atoms with Crippen LogP contribution in [0, 0.1) is 0 Å². The average molecular weight is 366 g/mol. The predicted molar refractivity (Wildman–Crippen MR) is 101 cm³/mol. The van der Waals surface area contributed by atoms with Crippen LogP contribution in [-0.2, 0) is 6.54 Å². The number of hydrogen-bond donors (Lipinski definition) is 2.